The average Bonchev–Trinajstić information content (AvgIpc) is 2.45. The molecule has 2 rings (SSSR count). The van der Waals surface area contributed by atoms with Crippen LogP contribution in [0.25, 0.3) is 0 Å². The van der Waals surface area contributed by atoms with Gasteiger partial charge in [-0.05, 0) is 57.3 Å². The molecule has 0 bridgehead atoms. The fraction of sp³-hybridized carbons (Fsp3) is 0.636. The van der Waals surface area contributed by atoms with Gasteiger partial charge in [0.1, 0.15) is 0 Å². The van der Waals surface area contributed by atoms with Gasteiger partial charge < -0.3 is 5.32 Å². The lowest BCUT2D eigenvalue weighted by Gasteiger charge is -2.29. The van der Waals surface area contributed by atoms with Crippen molar-refractivity contribution in [1.29, 1.82) is 0 Å². The smallest absolute Gasteiger partial charge is 0.0843 e. The van der Waals surface area contributed by atoms with E-state index in [0.29, 0.717) is 6.04 Å². The topological polar surface area (TPSA) is 12.0 Å². The monoisotopic (exact) mass is 351 g/mol. The predicted octanol–water partition coefficient (Wildman–Crippen LogP) is 4.72. The van der Waals surface area contributed by atoms with E-state index in [1.807, 2.05) is 11.3 Å². The van der Waals surface area contributed by atoms with Gasteiger partial charge in [0.15, 0.2) is 0 Å². The van der Waals surface area contributed by atoms with Gasteiger partial charge >= 0.3 is 0 Å². The minimum Gasteiger partial charge on any atom is -0.312 e. The van der Waals surface area contributed by atoms with Crippen molar-refractivity contribution in [2.45, 2.75) is 31.7 Å². The molecule has 1 saturated carbocycles. The van der Waals surface area contributed by atoms with Crippen molar-refractivity contribution in [3.63, 3.8) is 0 Å². The molecule has 1 unspecified atom stereocenters. The van der Waals surface area contributed by atoms with Gasteiger partial charge in [0, 0.05) is 15.4 Å². The zero-order chi connectivity index (χ0) is 10.8. The van der Waals surface area contributed by atoms with Crippen molar-refractivity contribution < 1.29 is 0 Å². The van der Waals surface area contributed by atoms with Gasteiger partial charge in [-0.25, -0.2) is 0 Å². The SMILES string of the molecule is CNC(CC1CCC1)c1cc(Br)c(Br)s1. The molecule has 1 aromatic rings. The third-order valence-electron chi connectivity index (χ3n) is 3.15. The number of hydrogen-bond acceptors (Lipinski definition) is 2. The zero-order valence-corrected chi connectivity index (χ0v) is 12.7. The molecular weight excluding hydrogens is 338 g/mol. The van der Waals surface area contributed by atoms with Gasteiger partial charge in [-0.2, -0.15) is 0 Å². The van der Waals surface area contributed by atoms with Crippen LogP contribution in [-0.4, -0.2) is 7.05 Å². The lowest BCUT2D eigenvalue weighted by Crippen LogP contribution is -2.22. The van der Waals surface area contributed by atoms with Crippen molar-refractivity contribution >= 4 is 43.2 Å². The number of nitrogens with one attached hydrogen (secondary N) is 1. The maximum absolute atomic E-state index is 3.55. The van der Waals surface area contributed by atoms with E-state index in [4.69, 9.17) is 0 Å². The first kappa shape index (κ1) is 12.1. The summed E-state index contributed by atoms with van der Waals surface area (Å²) >= 11 is 8.93. The third kappa shape index (κ3) is 2.84. The molecule has 1 aromatic heterocycles. The van der Waals surface area contributed by atoms with Gasteiger partial charge in [0.05, 0.1) is 3.79 Å². The van der Waals surface area contributed by atoms with E-state index in [2.05, 4.69) is 50.3 Å². The fourth-order valence-corrected chi connectivity index (χ4v) is 4.19. The Bertz CT molecular complexity index is 314. The van der Waals surface area contributed by atoms with Crippen LogP contribution in [-0.2, 0) is 0 Å². The Morgan fingerprint density at radius 3 is 2.67 bits per heavy atom. The normalized spacial score (nSPS) is 18.9. The average molecular weight is 353 g/mol. The molecule has 0 aromatic carbocycles. The van der Waals surface area contributed by atoms with Crippen molar-refractivity contribution in [1.82, 2.24) is 5.32 Å². The molecule has 4 heteroatoms. The van der Waals surface area contributed by atoms with Crippen LogP contribution in [0.5, 0.6) is 0 Å². The third-order valence-corrected chi connectivity index (χ3v) is 6.52. The summed E-state index contributed by atoms with van der Waals surface area (Å²) in [4.78, 5) is 1.43. The molecule has 84 valence electrons. The molecule has 0 aliphatic heterocycles. The summed E-state index contributed by atoms with van der Waals surface area (Å²) in [7, 11) is 2.06. The van der Waals surface area contributed by atoms with Gasteiger partial charge in [-0.3, -0.25) is 0 Å². The standard InChI is InChI=1S/C11H15Br2NS/c1-14-9(5-7-3-2-4-7)10-6-8(12)11(13)15-10/h6-7,9,14H,2-5H2,1H3. The highest BCUT2D eigenvalue weighted by molar-refractivity contribution is 9.13. The number of hydrogen-bond donors (Lipinski definition) is 1. The molecule has 0 spiro atoms. The summed E-state index contributed by atoms with van der Waals surface area (Å²) in [5.41, 5.74) is 0. The van der Waals surface area contributed by atoms with Crippen LogP contribution in [0.15, 0.2) is 14.3 Å². The number of thiophene rings is 1. The highest BCUT2D eigenvalue weighted by atomic mass is 79.9. The Labute approximate surface area is 112 Å². The predicted molar refractivity (Wildman–Crippen MR) is 73.5 cm³/mol. The summed E-state index contributed by atoms with van der Waals surface area (Å²) < 4.78 is 2.38. The van der Waals surface area contributed by atoms with Gasteiger partial charge in [-0.1, -0.05) is 19.3 Å². The molecule has 15 heavy (non-hydrogen) atoms. The molecular formula is C11H15Br2NS. The maximum Gasteiger partial charge on any atom is 0.0843 e. The second-order valence-corrected chi connectivity index (χ2v) is 7.40. The number of rotatable bonds is 4. The first-order valence-corrected chi connectivity index (χ1v) is 7.73. The van der Waals surface area contributed by atoms with E-state index >= 15 is 0 Å². The van der Waals surface area contributed by atoms with Crippen molar-refractivity contribution in [3.05, 3.63) is 19.2 Å². The molecule has 1 N–H and O–H groups in total. The van der Waals surface area contributed by atoms with Crippen LogP contribution in [0.4, 0.5) is 0 Å². The molecule has 0 amide bonds. The minimum absolute atomic E-state index is 0.530. The maximum atomic E-state index is 3.55. The zero-order valence-electron chi connectivity index (χ0n) is 8.72. The van der Waals surface area contributed by atoms with Crippen LogP contribution in [0.2, 0.25) is 0 Å². The van der Waals surface area contributed by atoms with Crippen LogP contribution < -0.4 is 5.32 Å². The van der Waals surface area contributed by atoms with Crippen LogP contribution >= 0.6 is 43.2 Å². The molecule has 0 radical (unpaired) electrons. The Morgan fingerprint density at radius 1 is 1.53 bits per heavy atom. The van der Waals surface area contributed by atoms with E-state index in [1.165, 1.54) is 38.8 Å². The van der Waals surface area contributed by atoms with E-state index < -0.39 is 0 Å². The van der Waals surface area contributed by atoms with Crippen LogP contribution in [0.1, 0.15) is 36.6 Å². The Morgan fingerprint density at radius 2 is 2.27 bits per heavy atom. The summed E-state index contributed by atoms with van der Waals surface area (Å²) in [5, 5.41) is 3.43. The molecule has 1 fully saturated rings. The van der Waals surface area contributed by atoms with Crippen molar-refractivity contribution in [3.8, 4) is 0 Å². The second-order valence-electron chi connectivity index (χ2n) is 4.14. The molecule has 1 heterocycles. The Kier molecular flexibility index (Phi) is 4.27. The first-order valence-electron chi connectivity index (χ1n) is 5.32. The fourth-order valence-electron chi connectivity index (χ4n) is 1.97. The van der Waals surface area contributed by atoms with E-state index in [9.17, 15) is 0 Å². The van der Waals surface area contributed by atoms with E-state index in [-0.39, 0.29) is 0 Å². The van der Waals surface area contributed by atoms with Gasteiger partial charge in [-0.15, -0.1) is 11.3 Å². The summed E-state index contributed by atoms with van der Waals surface area (Å²) in [5.74, 6) is 0.946. The van der Waals surface area contributed by atoms with Gasteiger partial charge in [0.2, 0.25) is 0 Å². The van der Waals surface area contributed by atoms with Crippen molar-refractivity contribution in [2.75, 3.05) is 7.05 Å². The van der Waals surface area contributed by atoms with Crippen LogP contribution in [0, 0.1) is 5.92 Å². The molecule has 1 aliphatic carbocycles. The molecule has 0 saturated heterocycles. The molecule has 1 atom stereocenters. The van der Waals surface area contributed by atoms with E-state index in [0.717, 1.165) is 5.92 Å². The van der Waals surface area contributed by atoms with Gasteiger partial charge in [0.25, 0.3) is 0 Å². The summed E-state index contributed by atoms with van der Waals surface area (Å²) in [6, 6.07) is 2.76. The highest BCUT2D eigenvalue weighted by Crippen LogP contribution is 2.40. The molecule has 1 aliphatic rings. The largest absolute Gasteiger partial charge is 0.312 e. The minimum atomic E-state index is 0.530. The second kappa shape index (κ2) is 5.30. The lowest BCUT2D eigenvalue weighted by atomic mass is 9.80. The first-order chi connectivity index (χ1) is 7.20. The lowest BCUT2D eigenvalue weighted by molar-refractivity contribution is 0.267. The van der Waals surface area contributed by atoms with Crippen LogP contribution in [0.3, 0.4) is 0 Å². The number of halogens is 2. The van der Waals surface area contributed by atoms with Crippen molar-refractivity contribution in [2.24, 2.45) is 5.92 Å². The molecule has 1 nitrogen and oxygen atoms in total. The quantitative estimate of drug-likeness (QED) is 0.826. The summed E-state index contributed by atoms with van der Waals surface area (Å²) in [6.45, 7) is 0. The Hall–Kier alpha value is 0.620. The van der Waals surface area contributed by atoms with E-state index in [1.54, 1.807) is 0 Å². The highest BCUT2D eigenvalue weighted by Gasteiger charge is 2.23. The Balaban J connectivity index is 2.04. The summed E-state index contributed by atoms with van der Waals surface area (Å²) in [6.07, 6.45) is 5.56.